The molecule has 0 spiro atoms. The van der Waals surface area contributed by atoms with E-state index in [0.717, 1.165) is 22.0 Å². The van der Waals surface area contributed by atoms with Crippen molar-refractivity contribution < 1.29 is 4.74 Å². The Morgan fingerprint density at radius 2 is 2.40 bits per heavy atom. The van der Waals surface area contributed by atoms with Crippen LogP contribution in [0.25, 0.3) is 0 Å². The van der Waals surface area contributed by atoms with Gasteiger partial charge in [-0.3, -0.25) is 0 Å². The van der Waals surface area contributed by atoms with E-state index in [2.05, 4.69) is 9.97 Å². The smallest absolute Gasteiger partial charge is 0.136 e. The van der Waals surface area contributed by atoms with Crippen molar-refractivity contribution in [3.05, 3.63) is 21.7 Å². The van der Waals surface area contributed by atoms with Crippen molar-refractivity contribution in [3.8, 4) is 0 Å². The van der Waals surface area contributed by atoms with Crippen LogP contribution in [0, 0.1) is 4.64 Å². The van der Waals surface area contributed by atoms with Crippen LogP contribution in [-0.2, 0) is 16.2 Å². The lowest BCUT2D eigenvalue weighted by atomic mass is 10.2. The van der Waals surface area contributed by atoms with E-state index in [9.17, 15) is 0 Å². The molecule has 1 atom stereocenters. The standard InChI is InChI=1S/C10H14N2OS2/c1-3-13-6(2)9-11-8-5-15-4-7(8)10(14)12-9/h6H,3-5H2,1-2H3,(H,11,12,14). The second-order valence-electron chi connectivity index (χ2n) is 3.47. The van der Waals surface area contributed by atoms with E-state index in [1.165, 1.54) is 11.3 Å². The highest BCUT2D eigenvalue weighted by molar-refractivity contribution is 7.98. The molecule has 1 unspecified atom stereocenters. The van der Waals surface area contributed by atoms with E-state index in [-0.39, 0.29) is 6.10 Å². The minimum absolute atomic E-state index is 0.00685. The van der Waals surface area contributed by atoms with Crippen molar-refractivity contribution in [2.45, 2.75) is 31.5 Å². The van der Waals surface area contributed by atoms with Crippen molar-refractivity contribution in [3.63, 3.8) is 0 Å². The van der Waals surface area contributed by atoms with E-state index >= 15 is 0 Å². The predicted octanol–water partition coefficient (Wildman–Crippen LogP) is 2.98. The van der Waals surface area contributed by atoms with Gasteiger partial charge in [0, 0.05) is 29.4 Å². The summed E-state index contributed by atoms with van der Waals surface area (Å²) in [5.74, 6) is 2.84. The summed E-state index contributed by atoms with van der Waals surface area (Å²) in [5, 5.41) is 0. The number of fused-ring (bicyclic) bond motifs is 1. The van der Waals surface area contributed by atoms with E-state index in [0.29, 0.717) is 6.61 Å². The van der Waals surface area contributed by atoms with Crippen molar-refractivity contribution in [2.24, 2.45) is 0 Å². The molecular formula is C10H14N2OS2. The largest absolute Gasteiger partial charge is 0.371 e. The molecule has 1 aliphatic heterocycles. The van der Waals surface area contributed by atoms with Gasteiger partial charge in [-0.05, 0) is 13.8 Å². The van der Waals surface area contributed by atoms with Crippen molar-refractivity contribution >= 4 is 24.0 Å². The molecule has 0 bridgehead atoms. The normalized spacial score (nSPS) is 16.4. The van der Waals surface area contributed by atoms with E-state index in [4.69, 9.17) is 17.0 Å². The second-order valence-corrected chi connectivity index (χ2v) is 4.85. The summed E-state index contributed by atoms with van der Waals surface area (Å²) < 4.78 is 6.23. The summed E-state index contributed by atoms with van der Waals surface area (Å²) in [7, 11) is 0. The van der Waals surface area contributed by atoms with Gasteiger partial charge in [-0.2, -0.15) is 11.8 Å². The van der Waals surface area contributed by atoms with Crippen LogP contribution in [0.2, 0.25) is 0 Å². The fraction of sp³-hybridized carbons (Fsp3) is 0.600. The first kappa shape index (κ1) is 11.1. The lowest BCUT2D eigenvalue weighted by Gasteiger charge is -2.12. The fourth-order valence-electron chi connectivity index (χ4n) is 1.61. The fourth-order valence-corrected chi connectivity index (χ4v) is 3.07. The third-order valence-electron chi connectivity index (χ3n) is 2.42. The zero-order chi connectivity index (χ0) is 10.8. The zero-order valence-electron chi connectivity index (χ0n) is 8.87. The number of nitrogens with one attached hydrogen (secondary N) is 1. The van der Waals surface area contributed by atoms with Crippen molar-refractivity contribution in [2.75, 3.05) is 6.61 Å². The Morgan fingerprint density at radius 1 is 1.60 bits per heavy atom. The number of thioether (sulfide) groups is 1. The summed E-state index contributed by atoms with van der Waals surface area (Å²) in [6, 6.07) is 0. The average Bonchev–Trinajstić information content (AvgIpc) is 2.66. The number of rotatable bonds is 3. The van der Waals surface area contributed by atoms with Crippen LogP contribution in [0.3, 0.4) is 0 Å². The summed E-state index contributed by atoms with van der Waals surface area (Å²) in [5.41, 5.74) is 2.42. The Bertz CT molecular complexity index is 416. The third-order valence-corrected chi connectivity index (χ3v) is 3.74. The van der Waals surface area contributed by atoms with E-state index in [1.807, 2.05) is 25.6 Å². The van der Waals surface area contributed by atoms with Gasteiger partial charge in [-0.25, -0.2) is 4.98 Å². The number of H-pyrrole nitrogens is 1. The molecule has 2 rings (SSSR count). The van der Waals surface area contributed by atoms with Gasteiger partial charge in [0.25, 0.3) is 0 Å². The molecule has 0 amide bonds. The Balaban J connectivity index is 2.35. The minimum Gasteiger partial charge on any atom is -0.371 e. The quantitative estimate of drug-likeness (QED) is 0.827. The van der Waals surface area contributed by atoms with Crippen LogP contribution in [0.4, 0.5) is 0 Å². The number of nitrogens with zero attached hydrogens (tertiary/aromatic N) is 1. The molecule has 0 fully saturated rings. The summed E-state index contributed by atoms with van der Waals surface area (Å²) in [4.78, 5) is 7.71. The molecule has 5 heteroatoms. The highest BCUT2D eigenvalue weighted by atomic mass is 32.2. The number of hydrogen-bond donors (Lipinski definition) is 1. The number of hydrogen-bond acceptors (Lipinski definition) is 4. The lowest BCUT2D eigenvalue weighted by molar-refractivity contribution is 0.0698. The number of aromatic amines is 1. The molecule has 0 saturated heterocycles. The van der Waals surface area contributed by atoms with Crippen LogP contribution in [0.15, 0.2) is 0 Å². The van der Waals surface area contributed by atoms with Crippen LogP contribution in [0.5, 0.6) is 0 Å². The number of ether oxygens (including phenoxy) is 1. The molecule has 1 aromatic rings. The Labute approximate surface area is 98.6 Å². The molecule has 0 aromatic carbocycles. The van der Waals surface area contributed by atoms with Gasteiger partial charge < -0.3 is 9.72 Å². The predicted molar refractivity (Wildman–Crippen MR) is 64.5 cm³/mol. The van der Waals surface area contributed by atoms with Gasteiger partial charge in [-0.15, -0.1) is 0 Å². The first-order valence-corrected chi connectivity index (χ1v) is 6.60. The maximum Gasteiger partial charge on any atom is 0.136 e. The Morgan fingerprint density at radius 3 is 3.13 bits per heavy atom. The molecule has 2 heterocycles. The molecule has 0 aliphatic carbocycles. The third kappa shape index (κ3) is 2.24. The maximum absolute atomic E-state index is 5.50. The van der Waals surface area contributed by atoms with Gasteiger partial charge in [0.2, 0.25) is 0 Å². The molecule has 3 nitrogen and oxygen atoms in total. The van der Waals surface area contributed by atoms with E-state index < -0.39 is 0 Å². The molecule has 1 N–H and O–H groups in total. The van der Waals surface area contributed by atoms with Crippen LogP contribution < -0.4 is 0 Å². The lowest BCUT2D eigenvalue weighted by Crippen LogP contribution is -2.07. The average molecular weight is 242 g/mol. The molecule has 15 heavy (non-hydrogen) atoms. The van der Waals surface area contributed by atoms with Gasteiger partial charge in [0.05, 0.1) is 0 Å². The Kier molecular flexibility index (Phi) is 3.43. The second kappa shape index (κ2) is 4.63. The maximum atomic E-state index is 5.50. The summed E-state index contributed by atoms with van der Waals surface area (Å²) >= 11 is 7.14. The first-order valence-electron chi connectivity index (χ1n) is 5.03. The van der Waals surface area contributed by atoms with Crippen LogP contribution in [0.1, 0.15) is 37.0 Å². The highest BCUT2D eigenvalue weighted by Crippen LogP contribution is 2.29. The minimum atomic E-state index is -0.00685. The van der Waals surface area contributed by atoms with Gasteiger partial charge in [0.1, 0.15) is 16.6 Å². The van der Waals surface area contributed by atoms with Crippen molar-refractivity contribution in [1.82, 2.24) is 9.97 Å². The molecule has 0 radical (unpaired) electrons. The summed E-state index contributed by atoms with van der Waals surface area (Å²) in [6.07, 6.45) is -0.00685. The van der Waals surface area contributed by atoms with Gasteiger partial charge in [-0.1, -0.05) is 12.2 Å². The van der Waals surface area contributed by atoms with E-state index in [1.54, 1.807) is 0 Å². The van der Waals surface area contributed by atoms with Gasteiger partial charge >= 0.3 is 0 Å². The molecular weight excluding hydrogens is 228 g/mol. The summed E-state index contributed by atoms with van der Waals surface area (Å²) in [6.45, 7) is 4.66. The monoisotopic (exact) mass is 242 g/mol. The first-order chi connectivity index (χ1) is 7.22. The van der Waals surface area contributed by atoms with Gasteiger partial charge in [0.15, 0.2) is 0 Å². The molecule has 1 aromatic heterocycles. The SMILES string of the molecule is CCOC(C)c1nc(=S)c2c([nH]1)CSC2. The molecule has 0 saturated carbocycles. The zero-order valence-corrected chi connectivity index (χ0v) is 10.5. The van der Waals surface area contributed by atoms with Crippen LogP contribution >= 0.6 is 24.0 Å². The highest BCUT2D eigenvalue weighted by Gasteiger charge is 2.17. The number of aromatic nitrogens is 2. The van der Waals surface area contributed by atoms with Crippen LogP contribution in [-0.4, -0.2) is 16.6 Å². The van der Waals surface area contributed by atoms with Crippen molar-refractivity contribution in [1.29, 1.82) is 0 Å². The Hall–Kier alpha value is -0.390. The molecule has 1 aliphatic rings. The topological polar surface area (TPSA) is 37.9 Å². The molecule has 82 valence electrons.